The van der Waals surface area contributed by atoms with E-state index in [-0.39, 0.29) is 53.3 Å². The van der Waals surface area contributed by atoms with E-state index in [9.17, 15) is 19.1 Å². The van der Waals surface area contributed by atoms with Crippen LogP contribution >= 0.6 is 0 Å². The second-order valence-electron chi connectivity index (χ2n) is 8.98. The molecule has 1 aliphatic carbocycles. The Morgan fingerprint density at radius 3 is 2.36 bits per heavy atom. The van der Waals surface area contributed by atoms with Crippen molar-refractivity contribution in [2.24, 2.45) is 5.92 Å². The molecule has 1 saturated carbocycles. The number of nitrogens with zero attached hydrogens (tertiary/aromatic N) is 1. The first-order valence-corrected chi connectivity index (χ1v) is 10.9. The molecule has 1 N–H and O–H groups in total. The molecule has 6 nitrogen and oxygen atoms in total. The summed E-state index contributed by atoms with van der Waals surface area (Å²) in [5, 5.41) is 11.4. The molecule has 0 heterocycles. The Morgan fingerprint density at radius 1 is 1.06 bits per heavy atom. The van der Waals surface area contributed by atoms with Gasteiger partial charge in [0, 0.05) is 5.92 Å². The Kier molecular flexibility index (Phi) is 9.81. The minimum atomic E-state index is -1.67. The van der Waals surface area contributed by atoms with Gasteiger partial charge in [-0.3, -0.25) is 4.48 Å². The fourth-order valence-electron chi connectivity index (χ4n) is 4.05. The molecule has 0 aliphatic heterocycles. The second kappa shape index (κ2) is 11.9. The lowest BCUT2D eigenvalue weighted by Gasteiger charge is -2.33. The summed E-state index contributed by atoms with van der Waals surface area (Å²) in [7, 11) is 3.65. The zero-order valence-corrected chi connectivity index (χ0v) is 21.2. The van der Waals surface area contributed by atoms with Crippen LogP contribution in [0.1, 0.15) is 41.6 Å². The van der Waals surface area contributed by atoms with Crippen molar-refractivity contribution in [3.05, 3.63) is 71.5 Å². The van der Waals surface area contributed by atoms with Gasteiger partial charge >= 0.3 is 11.9 Å². The molecule has 0 saturated heterocycles. The van der Waals surface area contributed by atoms with Crippen molar-refractivity contribution in [1.82, 2.24) is 0 Å². The van der Waals surface area contributed by atoms with Crippen LogP contribution in [0.3, 0.4) is 0 Å². The molecule has 0 spiro atoms. The van der Waals surface area contributed by atoms with E-state index >= 15 is 0 Å². The van der Waals surface area contributed by atoms with Crippen LogP contribution in [0, 0.1) is 11.7 Å². The molecule has 8 heteroatoms. The van der Waals surface area contributed by atoms with E-state index in [1.54, 1.807) is 24.3 Å². The van der Waals surface area contributed by atoms with Crippen LogP contribution in [0.5, 0.6) is 0 Å². The zero-order chi connectivity index (χ0) is 23.2. The quantitative estimate of drug-likeness (QED) is 0.207. The minimum absolute atomic E-state index is 0. The standard InChI is InChI=1S/C25H31FNO5.HI/c1-27(2,18-32-23(28)19-9-8-14-22(26)17-19)15-16-31-24(29)25(30,21-12-6-7-13-21)20-10-4-3-5-11-20;/h3-5,8-11,14,17,21,30H,6-7,12-13,15-16,18H2,1-2H3;1H/q+1;/p-1. The third-order valence-corrected chi connectivity index (χ3v) is 6.01. The molecular formula is C25H31FINO5. The molecule has 33 heavy (non-hydrogen) atoms. The third-order valence-electron chi connectivity index (χ3n) is 6.01. The number of ether oxygens (including phenoxy) is 2. The predicted molar refractivity (Wildman–Crippen MR) is 117 cm³/mol. The van der Waals surface area contributed by atoms with Crippen molar-refractivity contribution in [2.75, 3.05) is 34.0 Å². The number of hydrogen-bond donors (Lipinski definition) is 1. The van der Waals surface area contributed by atoms with E-state index in [1.807, 2.05) is 20.2 Å². The first-order chi connectivity index (χ1) is 15.2. The van der Waals surface area contributed by atoms with Crippen molar-refractivity contribution >= 4 is 11.9 Å². The first kappa shape index (κ1) is 27.2. The number of aliphatic hydroxyl groups is 1. The van der Waals surface area contributed by atoms with Crippen LogP contribution in [-0.2, 0) is 19.9 Å². The monoisotopic (exact) mass is 571 g/mol. The van der Waals surface area contributed by atoms with Crippen LogP contribution in [0.25, 0.3) is 0 Å². The van der Waals surface area contributed by atoms with Crippen molar-refractivity contribution in [2.45, 2.75) is 31.3 Å². The average molecular weight is 571 g/mol. The SMILES string of the molecule is C[N+](C)(CCOC(=O)C(O)(c1ccccc1)C1CCCC1)COC(=O)c1cccc(F)c1.[I-]. The number of carbonyl (C=O) groups is 2. The van der Waals surface area contributed by atoms with E-state index < -0.39 is 23.4 Å². The number of halogens is 2. The lowest BCUT2D eigenvalue weighted by Crippen LogP contribution is -3.00. The van der Waals surface area contributed by atoms with Gasteiger partial charge in [-0.15, -0.1) is 0 Å². The number of quaternary nitrogens is 1. The molecule has 0 amide bonds. The Balaban J connectivity index is 0.00000385. The maximum absolute atomic E-state index is 13.3. The fraction of sp³-hybridized carbons (Fsp3) is 0.440. The summed E-state index contributed by atoms with van der Waals surface area (Å²) in [6, 6.07) is 14.3. The van der Waals surface area contributed by atoms with Gasteiger partial charge in [0.1, 0.15) is 19.0 Å². The van der Waals surface area contributed by atoms with E-state index in [1.165, 1.54) is 18.2 Å². The molecule has 3 rings (SSSR count). The summed E-state index contributed by atoms with van der Waals surface area (Å²) in [5.74, 6) is -1.94. The molecule has 2 aromatic carbocycles. The summed E-state index contributed by atoms with van der Waals surface area (Å²) in [6.07, 6.45) is 3.51. The number of benzene rings is 2. The average Bonchev–Trinajstić information content (AvgIpc) is 3.33. The highest BCUT2D eigenvalue weighted by Crippen LogP contribution is 2.41. The number of carbonyl (C=O) groups excluding carboxylic acids is 2. The maximum atomic E-state index is 13.3. The Morgan fingerprint density at radius 2 is 1.73 bits per heavy atom. The van der Waals surface area contributed by atoms with E-state index in [0.717, 1.165) is 31.7 Å². The van der Waals surface area contributed by atoms with Crippen molar-refractivity contribution < 1.29 is 57.0 Å². The number of likely N-dealkylation sites (N-methyl/N-ethyl adjacent to an activating group) is 1. The molecule has 0 bridgehead atoms. The minimum Gasteiger partial charge on any atom is -1.00 e. The Hall–Kier alpha value is -2.04. The van der Waals surface area contributed by atoms with E-state index in [2.05, 4.69) is 0 Å². The lowest BCUT2D eigenvalue weighted by atomic mass is 9.80. The number of esters is 2. The zero-order valence-electron chi connectivity index (χ0n) is 19.0. The van der Waals surface area contributed by atoms with Crippen molar-refractivity contribution in [1.29, 1.82) is 0 Å². The van der Waals surface area contributed by atoms with Crippen molar-refractivity contribution in [3.8, 4) is 0 Å². The molecule has 1 fully saturated rings. The van der Waals surface area contributed by atoms with Gasteiger partial charge in [-0.05, 0) is 36.6 Å². The predicted octanol–water partition coefficient (Wildman–Crippen LogP) is 0.642. The van der Waals surface area contributed by atoms with Gasteiger partial charge in [-0.25, -0.2) is 14.0 Å². The maximum Gasteiger partial charge on any atom is 0.343 e. The van der Waals surface area contributed by atoms with E-state index in [0.29, 0.717) is 12.1 Å². The molecule has 1 unspecified atom stereocenters. The fourth-order valence-corrected chi connectivity index (χ4v) is 4.05. The van der Waals surface area contributed by atoms with Crippen LogP contribution in [-0.4, -0.2) is 55.5 Å². The van der Waals surface area contributed by atoms with Crippen LogP contribution in [0.4, 0.5) is 4.39 Å². The van der Waals surface area contributed by atoms with Crippen molar-refractivity contribution in [3.63, 3.8) is 0 Å². The van der Waals surface area contributed by atoms with Gasteiger partial charge in [0.2, 0.25) is 6.73 Å². The third kappa shape index (κ3) is 6.97. The van der Waals surface area contributed by atoms with Crippen LogP contribution < -0.4 is 24.0 Å². The van der Waals surface area contributed by atoms with Crippen LogP contribution in [0.2, 0.25) is 0 Å². The highest BCUT2D eigenvalue weighted by atomic mass is 127. The molecule has 0 radical (unpaired) electrons. The topological polar surface area (TPSA) is 72.8 Å². The smallest absolute Gasteiger partial charge is 0.343 e. The first-order valence-electron chi connectivity index (χ1n) is 10.9. The number of hydrogen-bond acceptors (Lipinski definition) is 5. The highest BCUT2D eigenvalue weighted by molar-refractivity contribution is 5.89. The summed E-state index contributed by atoms with van der Waals surface area (Å²) in [5.41, 5.74) is -0.978. The largest absolute Gasteiger partial charge is 1.00 e. The molecule has 2 aromatic rings. The normalized spacial score (nSPS) is 15.9. The van der Waals surface area contributed by atoms with Gasteiger partial charge in [-0.2, -0.15) is 0 Å². The lowest BCUT2D eigenvalue weighted by molar-refractivity contribution is -0.907. The molecule has 180 valence electrons. The summed E-state index contributed by atoms with van der Waals surface area (Å²) in [6.45, 7) is 0.460. The molecule has 1 atom stereocenters. The van der Waals surface area contributed by atoms with Gasteiger partial charge in [-0.1, -0.05) is 49.2 Å². The van der Waals surface area contributed by atoms with Gasteiger partial charge in [0.05, 0.1) is 19.7 Å². The summed E-state index contributed by atoms with van der Waals surface area (Å²) >= 11 is 0. The molecule has 0 aromatic heterocycles. The summed E-state index contributed by atoms with van der Waals surface area (Å²) < 4.78 is 24.4. The number of rotatable bonds is 9. The highest BCUT2D eigenvalue weighted by Gasteiger charge is 2.47. The summed E-state index contributed by atoms with van der Waals surface area (Å²) in [4.78, 5) is 25.2. The second-order valence-corrected chi connectivity index (χ2v) is 8.98. The molecular weight excluding hydrogens is 540 g/mol. The van der Waals surface area contributed by atoms with Gasteiger partial charge < -0.3 is 38.6 Å². The van der Waals surface area contributed by atoms with Gasteiger partial charge in [0.25, 0.3) is 0 Å². The Bertz CT molecular complexity index is 933. The Labute approximate surface area is 211 Å². The molecule has 1 aliphatic rings. The van der Waals surface area contributed by atoms with Crippen LogP contribution in [0.15, 0.2) is 54.6 Å². The van der Waals surface area contributed by atoms with E-state index in [4.69, 9.17) is 9.47 Å². The van der Waals surface area contributed by atoms with Gasteiger partial charge in [0.15, 0.2) is 5.60 Å².